The van der Waals surface area contributed by atoms with Gasteiger partial charge in [-0.1, -0.05) is 20.8 Å². The van der Waals surface area contributed by atoms with Gasteiger partial charge >= 0.3 is 0 Å². The third kappa shape index (κ3) is 3.23. The predicted molar refractivity (Wildman–Crippen MR) is 68.6 cm³/mol. The lowest BCUT2D eigenvalue weighted by molar-refractivity contribution is 0.325. The van der Waals surface area contributed by atoms with E-state index in [9.17, 15) is 0 Å². The highest BCUT2D eigenvalue weighted by molar-refractivity contribution is 5.09. The first-order chi connectivity index (χ1) is 7.95. The molecule has 17 heavy (non-hydrogen) atoms. The van der Waals surface area contributed by atoms with Crippen molar-refractivity contribution < 1.29 is 0 Å². The number of nitrogens with two attached hydrogens (primary N) is 1. The van der Waals surface area contributed by atoms with Crippen LogP contribution in [-0.2, 0) is 12.0 Å². The molecule has 0 radical (unpaired) electrons. The Bertz CT molecular complexity index is 366. The van der Waals surface area contributed by atoms with Crippen LogP contribution in [0.5, 0.6) is 0 Å². The van der Waals surface area contributed by atoms with Gasteiger partial charge in [-0.3, -0.25) is 4.90 Å². The van der Waals surface area contributed by atoms with E-state index in [0.29, 0.717) is 6.04 Å². The van der Waals surface area contributed by atoms with E-state index in [1.165, 1.54) is 5.56 Å². The molecule has 2 N–H and O–H groups in total. The minimum Gasteiger partial charge on any atom is -0.326 e. The quantitative estimate of drug-likeness (QED) is 0.838. The van der Waals surface area contributed by atoms with Crippen molar-refractivity contribution in [3.8, 4) is 0 Å². The Labute approximate surface area is 103 Å². The number of nitrogens with zero attached hydrogens (tertiary/aromatic N) is 3. The fraction of sp³-hybridized carbons (Fsp3) is 0.692. The second kappa shape index (κ2) is 4.70. The zero-order chi connectivity index (χ0) is 12.5. The van der Waals surface area contributed by atoms with Gasteiger partial charge in [0.05, 0.1) is 0 Å². The zero-order valence-corrected chi connectivity index (χ0v) is 11.0. The van der Waals surface area contributed by atoms with Crippen LogP contribution in [0.3, 0.4) is 0 Å². The number of aromatic nitrogens is 2. The first kappa shape index (κ1) is 12.5. The van der Waals surface area contributed by atoms with Crippen molar-refractivity contribution in [2.75, 3.05) is 13.1 Å². The van der Waals surface area contributed by atoms with E-state index < -0.39 is 0 Å². The predicted octanol–water partition coefficient (Wildman–Crippen LogP) is 1.31. The molecule has 1 aromatic heterocycles. The maximum Gasteiger partial charge on any atom is 0.133 e. The van der Waals surface area contributed by atoms with Gasteiger partial charge in [0.1, 0.15) is 5.82 Å². The van der Waals surface area contributed by atoms with E-state index >= 15 is 0 Å². The average molecular weight is 234 g/mol. The first-order valence-electron chi connectivity index (χ1n) is 6.24. The van der Waals surface area contributed by atoms with E-state index in [2.05, 4.69) is 35.6 Å². The molecule has 1 aliphatic rings. The summed E-state index contributed by atoms with van der Waals surface area (Å²) in [5.41, 5.74) is 7.08. The van der Waals surface area contributed by atoms with Gasteiger partial charge in [-0.2, -0.15) is 0 Å². The maximum absolute atomic E-state index is 5.89. The van der Waals surface area contributed by atoms with Gasteiger partial charge in [0, 0.05) is 49.0 Å². The first-order valence-corrected chi connectivity index (χ1v) is 6.24. The van der Waals surface area contributed by atoms with Crippen molar-refractivity contribution in [2.45, 2.75) is 45.2 Å². The van der Waals surface area contributed by atoms with Crippen molar-refractivity contribution in [2.24, 2.45) is 5.73 Å². The molecule has 0 aromatic carbocycles. The minimum absolute atomic E-state index is 0.0223. The molecular weight excluding hydrogens is 212 g/mol. The summed E-state index contributed by atoms with van der Waals surface area (Å²) in [6.07, 6.45) is 4.98. The number of hydrogen-bond donors (Lipinski definition) is 1. The van der Waals surface area contributed by atoms with Gasteiger partial charge < -0.3 is 5.73 Å². The van der Waals surface area contributed by atoms with E-state index in [-0.39, 0.29) is 5.41 Å². The number of likely N-dealkylation sites (tertiary alicyclic amines) is 1. The molecule has 1 saturated heterocycles. The van der Waals surface area contributed by atoms with E-state index in [0.717, 1.165) is 31.9 Å². The third-order valence-electron chi connectivity index (χ3n) is 3.09. The van der Waals surface area contributed by atoms with Crippen molar-refractivity contribution in [1.29, 1.82) is 0 Å². The van der Waals surface area contributed by atoms with Crippen LogP contribution in [0.25, 0.3) is 0 Å². The van der Waals surface area contributed by atoms with Gasteiger partial charge in [-0.25, -0.2) is 9.97 Å². The fourth-order valence-corrected chi connectivity index (χ4v) is 2.09. The number of hydrogen-bond acceptors (Lipinski definition) is 4. The Morgan fingerprint density at radius 2 is 2.00 bits per heavy atom. The second-order valence-corrected chi connectivity index (χ2v) is 5.95. The van der Waals surface area contributed by atoms with E-state index in [1.54, 1.807) is 0 Å². The summed E-state index contributed by atoms with van der Waals surface area (Å²) < 4.78 is 0. The summed E-state index contributed by atoms with van der Waals surface area (Å²) in [5.74, 6) is 0.902. The fourth-order valence-electron chi connectivity index (χ4n) is 2.09. The van der Waals surface area contributed by atoms with Crippen molar-refractivity contribution >= 4 is 0 Å². The highest BCUT2D eigenvalue weighted by Gasteiger charge is 2.20. The monoisotopic (exact) mass is 234 g/mol. The SMILES string of the molecule is CC(C)(C)c1ncc(CN2CCC(N)C2)cn1. The van der Waals surface area contributed by atoms with Crippen LogP contribution in [-0.4, -0.2) is 34.0 Å². The zero-order valence-electron chi connectivity index (χ0n) is 11.0. The van der Waals surface area contributed by atoms with Crippen LogP contribution in [0.15, 0.2) is 12.4 Å². The largest absolute Gasteiger partial charge is 0.326 e. The van der Waals surface area contributed by atoms with Gasteiger partial charge in [0.2, 0.25) is 0 Å². The Kier molecular flexibility index (Phi) is 3.45. The summed E-state index contributed by atoms with van der Waals surface area (Å²) in [7, 11) is 0. The van der Waals surface area contributed by atoms with Crippen LogP contribution < -0.4 is 5.73 Å². The molecule has 94 valence electrons. The standard InChI is InChI=1S/C13H22N4/c1-13(2,3)12-15-6-10(7-16-12)8-17-5-4-11(14)9-17/h6-7,11H,4-5,8-9,14H2,1-3H3. The molecule has 1 aliphatic heterocycles. The topological polar surface area (TPSA) is 55.0 Å². The average Bonchev–Trinajstić information content (AvgIpc) is 2.63. The molecule has 0 bridgehead atoms. The lowest BCUT2D eigenvalue weighted by Gasteiger charge is -2.18. The molecule has 2 rings (SSSR count). The molecule has 1 aromatic rings. The van der Waals surface area contributed by atoms with Gasteiger partial charge in [0.25, 0.3) is 0 Å². The lowest BCUT2D eigenvalue weighted by Crippen LogP contribution is -2.26. The molecule has 0 aliphatic carbocycles. The molecule has 2 heterocycles. The molecular formula is C13H22N4. The Hall–Kier alpha value is -1.00. The molecule has 1 atom stereocenters. The van der Waals surface area contributed by atoms with Crippen LogP contribution in [0.2, 0.25) is 0 Å². The van der Waals surface area contributed by atoms with Crippen molar-refractivity contribution in [1.82, 2.24) is 14.9 Å². The molecule has 1 unspecified atom stereocenters. The van der Waals surface area contributed by atoms with E-state index in [4.69, 9.17) is 5.73 Å². The highest BCUT2D eigenvalue weighted by Crippen LogP contribution is 2.18. The normalized spacial score (nSPS) is 22.0. The number of rotatable bonds is 2. The van der Waals surface area contributed by atoms with Gasteiger partial charge in [-0.05, 0) is 6.42 Å². The van der Waals surface area contributed by atoms with Crippen LogP contribution in [0, 0.1) is 0 Å². The third-order valence-corrected chi connectivity index (χ3v) is 3.09. The summed E-state index contributed by atoms with van der Waals surface area (Å²) in [4.78, 5) is 11.2. The molecule has 0 saturated carbocycles. The molecule has 1 fully saturated rings. The summed E-state index contributed by atoms with van der Waals surface area (Å²) in [6, 6.07) is 0.338. The molecule has 4 heteroatoms. The van der Waals surface area contributed by atoms with Crippen molar-refractivity contribution in [3.05, 3.63) is 23.8 Å². The Morgan fingerprint density at radius 3 is 2.47 bits per heavy atom. The Balaban J connectivity index is 1.99. The lowest BCUT2D eigenvalue weighted by atomic mass is 9.96. The minimum atomic E-state index is 0.0223. The summed E-state index contributed by atoms with van der Waals surface area (Å²) >= 11 is 0. The van der Waals surface area contributed by atoms with Gasteiger partial charge in [-0.15, -0.1) is 0 Å². The highest BCUT2D eigenvalue weighted by atomic mass is 15.2. The smallest absolute Gasteiger partial charge is 0.133 e. The molecule has 4 nitrogen and oxygen atoms in total. The van der Waals surface area contributed by atoms with Crippen LogP contribution >= 0.6 is 0 Å². The molecule has 0 amide bonds. The summed E-state index contributed by atoms with van der Waals surface area (Å²) in [6.45, 7) is 9.37. The van der Waals surface area contributed by atoms with Crippen LogP contribution in [0.4, 0.5) is 0 Å². The summed E-state index contributed by atoms with van der Waals surface area (Å²) in [5, 5.41) is 0. The maximum atomic E-state index is 5.89. The molecule has 0 spiro atoms. The Morgan fingerprint density at radius 1 is 1.35 bits per heavy atom. The van der Waals surface area contributed by atoms with E-state index in [1.807, 2.05) is 12.4 Å². The van der Waals surface area contributed by atoms with Crippen molar-refractivity contribution in [3.63, 3.8) is 0 Å². The second-order valence-electron chi connectivity index (χ2n) is 5.95. The van der Waals surface area contributed by atoms with Crippen LogP contribution in [0.1, 0.15) is 38.6 Å². The van der Waals surface area contributed by atoms with Gasteiger partial charge in [0.15, 0.2) is 0 Å².